The maximum absolute atomic E-state index is 12.7. The molecule has 3 aromatic rings. The number of methoxy groups -OCH3 is 1. The molecule has 1 heterocycles. The van der Waals surface area contributed by atoms with E-state index in [-0.39, 0.29) is 11.3 Å². The molecule has 0 saturated heterocycles. The predicted molar refractivity (Wildman–Crippen MR) is 108 cm³/mol. The third-order valence-electron chi connectivity index (χ3n) is 4.52. The van der Waals surface area contributed by atoms with E-state index in [4.69, 9.17) is 16.3 Å². The lowest BCUT2D eigenvalue weighted by Gasteiger charge is -2.24. The number of rotatable bonds is 4. The van der Waals surface area contributed by atoms with Gasteiger partial charge in [0, 0.05) is 23.4 Å². The average Bonchev–Trinajstić information content (AvgIpc) is 2.64. The van der Waals surface area contributed by atoms with E-state index >= 15 is 0 Å². The summed E-state index contributed by atoms with van der Waals surface area (Å²) in [5.74, 6) is 0.863. The van der Waals surface area contributed by atoms with Gasteiger partial charge in [-0.15, -0.1) is 0 Å². The molecule has 0 spiro atoms. The fourth-order valence-electron chi connectivity index (χ4n) is 3.14. The summed E-state index contributed by atoms with van der Waals surface area (Å²) in [4.78, 5) is 12.7. The van der Waals surface area contributed by atoms with Crippen molar-refractivity contribution in [3.63, 3.8) is 0 Å². The SMILES string of the molecule is COc1ccc(Cl)c(-n2c(C(C)C)cc(=O)c(C)c2-c2ccccc2)c1. The molecule has 0 unspecified atom stereocenters. The predicted octanol–water partition coefficient (Wildman–Crippen LogP) is 5.60. The Morgan fingerprint density at radius 1 is 1.04 bits per heavy atom. The van der Waals surface area contributed by atoms with Crippen LogP contribution >= 0.6 is 11.6 Å². The summed E-state index contributed by atoms with van der Waals surface area (Å²) >= 11 is 6.56. The summed E-state index contributed by atoms with van der Waals surface area (Å²) in [6.07, 6.45) is 0. The lowest BCUT2D eigenvalue weighted by atomic mass is 10.0. The maximum Gasteiger partial charge on any atom is 0.185 e. The van der Waals surface area contributed by atoms with E-state index < -0.39 is 0 Å². The van der Waals surface area contributed by atoms with Crippen molar-refractivity contribution in [1.82, 2.24) is 4.57 Å². The van der Waals surface area contributed by atoms with Crippen molar-refractivity contribution in [2.45, 2.75) is 26.7 Å². The lowest BCUT2D eigenvalue weighted by Crippen LogP contribution is -2.18. The molecule has 0 N–H and O–H groups in total. The van der Waals surface area contributed by atoms with Crippen LogP contribution in [0, 0.1) is 6.92 Å². The second-order valence-electron chi connectivity index (χ2n) is 6.58. The first-order chi connectivity index (χ1) is 12.4. The monoisotopic (exact) mass is 367 g/mol. The van der Waals surface area contributed by atoms with Crippen LogP contribution in [0.1, 0.15) is 31.0 Å². The molecule has 1 aromatic heterocycles. The second-order valence-corrected chi connectivity index (χ2v) is 6.99. The van der Waals surface area contributed by atoms with Gasteiger partial charge >= 0.3 is 0 Å². The van der Waals surface area contributed by atoms with Crippen LogP contribution in [0.4, 0.5) is 0 Å². The third-order valence-corrected chi connectivity index (χ3v) is 4.84. The fraction of sp³-hybridized carbons (Fsp3) is 0.227. The first kappa shape index (κ1) is 18.3. The molecule has 3 rings (SSSR count). The number of halogens is 1. The zero-order valence-electron chi connectivity index (χ0n) is 15.4. The fourth-order valence-corrected chi connectivity index (χ4v) is 3.34. The smallest absolute Gasteiger partial charge is 0.185 e. The highest BCUT2D eigenvalue weighted by Gasteiger charge is 2.19. The molecule has 0 atom stereocenters. The van der Waals surface area contributed by atoms with Crippen LogP contribution < -0.4 is 10.2 Å². The molecular formula is C22H22ClNO2. The first-order valence-electron chi connectivity index (χ1n) is 8.60. The summed E-state index contributed by atoms with van der Waals surface area (Å²) in [7, 11) is 1.63. The van der Waals surface area contributed by atoms with E-state index in [1.54, 1.807) is 13.2 Å². The molecule has 4 heteroatoms. The summed E-state index contributed by atoms with van der Waals surface area (Å²) in [6, 6.07) is 17.2. The molecule has 0 radical (unpaired) electrons. The minimum atomic E-state index is 0.0304. The van der Waals surface area contributed by atoms with Gasteiger partial charge in [-0.05, 0) is 30.5 Å². The minimum Gasteiger partial charge on any atom is -0.497 e. The average molecular weight is 368 g/mol. The Morgan fingerprint density at radius 3 is 2.35 bits per heavy atom. The van der Waals surface area contributed by atoms with Gasteiger partial charge in [0.2, 0.25) is 0 Å². The minimum absolute atomic E-state index is 0.0304. The molecule has 0 aliphatic rings. The van der Waals surface area contributed by atoms with Crippen molar-refractivity contribution in [2.75, 3.05) is 7.11 Å². The van der Waals surface area contributed by atoms with E-state index in [0.29, 0.717) is 10.6 Å². The molecule has 0 saturated carbocycles. The lowest BCUT2D eigenvalue weighted by molar-refractivity contribution is 0.414. The Morgan fingerprint density at radius 2 is 1.73 bits per heavy atom. The van der Waals surface area contributed by atoms with Crippen LogP contribution in [0.15, 0.2) is 59.4 Å². The number of hydrogen-bond donors (Lipinski definition) is 0. The highest BCUT2D eigenvalue weighted by atomic mass is 35.5. The molecular weight excluding hydrogens is 346 g/mol. The number of nitrogens with zero attached hydrogens (tertiary/aromatic N) is 1. The van der Waals surface area contributed by atoms with Crippen molar-refractivity contribution < 1.29 is 4.74 Å². The van der Waals surface area contributed by atoms with Crippen molar-refractivity contribution in [2.24, 2.45) is 0 Å². The van der Waals surface area contributed by atoms with E-state index in [0.717, 1.165) is 28.4 Å². The van der Waals surface area contributed by atoms with Gasteiger partial charge in [-0.2, -0.15) is 0 Å². The first-order valence-corrected chi connectivity index (χ1v) is 8.97. The van der Waals surface area contributed by atoms with Crippen molar-refractivity contribution in [3.8, 4) is 22.7 Å². The zero-order valence-corrected chi connectivity index (χ0v) is 16.2. The van der Waals surface area contributed by atoms with Crippen LogP contribution in [0.25, 0.3) is 16.9 Å². The molecule has 0 aliphatic carbocycles. The Bertz CT molecular complexity index is 991. The van der Waals surface area contributed by atoms with Gasteiger partial charge in [-0.3, -0.25) is 4.79 Å². The number of pyridine rings is 1. The van der Waals surface area contributed by atoms with Crippen LogP contribution in [0.3, 0.4) is 0 Å². The molecule has 0 bridgehead atoms. The number of ether oxygens (including phenoxy) is 1. The Hall–Kier alpha value is -2.52. The molecule has 3 nitrogen and oxygen atoms in total. The number of benzene rings is 2. The highest BCUT2D eigenvalue weighted by Crippen LogP contribution is 2.34. The van der Waals surface area contributed by atoms with E-state index in [2.05, 4.69) is 18.4 Å². The Labute approximate surface area is 158 Å². The molecule has 26 heavy (non-hydrogen) atoms. The van der Waals surface area contributed by atoms with Gasteiger partial charge < -0.3 is 9.30 Å². The van der Waals surface area contributed by atoms with Gasteiger partial charge in [-0.25, -0.2) is 0 Å². The normalized spacial score (nSPS) is 11.0. The Kier molecular flexibility index (Phi) is 5.19. The number of aromatic nitrogens is 1. The number of hydrogen-bond acceptors (Lipinski definition) is 2. The van der Waals surface area contributed by atoms with Gasteiger partial charge in [0.05, 0.1) is 23.5 Å². The summed E-state index contributed by atoms with van der Waals surface area (Å²) in [5.41, 5.74) is 4.27. The van der Waals surface area contributed by atoms with E-state index in [1.807, 2.05) is 55.5 Å². The largest absolute Gasteiger partial charge is 0.497 e. The summed E-state index contributed by atoms with van der Waals surface area (Å²) in [6.45, 7) is 6.01. The van der Waals surface area contributed by atoms with Crippen LogP contribution in [-0.2, 0) is 0 Å². The topological polar surface area (TPSA) is 31.2 Å². The molecule has 2 aromatic carbocycles. The van der Waals surface area contributed by atoms with Gasteiger partial charge in [0.25, 0.3) is 0 Å². The highest BCUT2D eigenvalue weighted by molar-refractivity contribution is 6.32. The van der Waals surface area contributed by atoms with Crippen molar-refractivity contribution in [3.05, 3.63) is 81.1 Å². The standard InChI is InChI=1S/C22H22ClNO2/c1-14(2)19-13-21(25)15(3)22(16-8-6-5-7-9-16)24(19)20-12-17(26-4)10-11-18(20)23/h5-14H,1-4H3. The van der Waals surface area contributed by atoms with Crippen LogP contribution in [0.2, 0.25) is 5.02 Å². The molecule has 0 fully saturated rings. The van der Waals surface area contributed by atoms with Crippen LogP contribution in [0.5, 0.6) is 5.75 Å². The Balaban J connectivity index is 2.47. The molecule has 134 valence electrons. The quantitative estimate of drug-likeness (QED) is 0.601. The second kappa shape index (κ2) is 7.38. The molecule has 0 aliphatic heterocycles. The van der Waals surface area contributed by atoms with E-state index in [9.17, 15) is 4.79 Å². The summed E-state index contributed by atoms with van der Waals surface area (Å²) < 4.78 is 7.48. The van der Waals surface area contributed by atoms with Crippen LogP contribution in [-0.4, -0.2) is 11.7 Å². The van der Waals surface area contributed by atoms with E-state index in [1.165, 1.54) is 0 Å². The molecule has 0 amide bonds. The van der Waals surface area contributed by atoms with Crippen molar-refractivity contribution in [1.29, 1.82) is 0 Å². The van der Waals surface area contributed by atoms with Gasteiger partial charge in [0.1, 0.15) is 5.75 Å². The summed E-state index contributed by atoms with van der Waals surface area (Å²) in [5, 5.41) is 0.605. The zero-order chi connectivity index (χ0) is 18.8. The third kappa shape index (κ3) is 3.27. The maximum atomic E-state index is 12.7. The van der Waals surface area contributed by atoms with Gasteiger partial charge in [-0.1, -0.05) is 55.8 Å². The van der Waals surface area contributed by atoms with Gasteiger partial charge in [0.15, 0.2) is 5.43 Å². The van der Waals surface area contributed by atoms with Crippen molar-refractivity contribution >= 4 is 11.6 Å².